The van der Waals surface area contributed by atoms with Gasteiger partial charge in [-0.25, -0.2) is 4.79 Å². The topological polar surface area (TPSA) is 97.0 Å². The summed E-state index contributed by atoms with van der Waals surface area (Å²) in [5.74, 6) is -0.341. The number of rotatable bonds is 6. The summed E-state index contributed by atoms with van der Waals surface area (Å²) in [6, 6.07) is 12.8. The lowest BCUT2D eigenvalue weighted by molar-refractivity contribution is -0.133. The molecule has 1 aliphatic rings. The molecule has 1 aliphatic heterocycles. The van der Waals surface area contributed by atoms with E-state index in [1.807, 2.05) is 6.07 Å². The molecule has 146 valence electrons. The zero-order chi connectivity index (χ0) is 20.3. The van der Waals surface area contributed by atoms with Gasteiger partial charge in [-0.15, -0.1) is 0 Å². The quantitative estimate of drug-likeness (QED) is 0.746. The van der Waals surface area contributed by atoms with Crippen LogP contribution in [-0.4, -0.2) is 37.1 Å². The maximum atomic E-state index is 13.0. The Kier molecular flexibility index (Phi) is 5.21. The predicted molar refractivity (Wildman–Crippen MR) is 101 cm³/mol. The SMILES string of the molecule is CC[C@@]1(c2ccccc2)NC(=O)N(NC(=O)c2ccc(OC)c(OC)c2)C1=O. The van der Waals surface area contributed by atoms with Crippen LogP contribution in [0, 0.1) is 0 Å². The van der Waals surface area contributed by atoms with Crippen LogP contribution in [0.3, 0.4) is 0 Å². The number of nitrogens with one attached hydrogen (secondary N) is 2. The number of nitrogens with zero attached hydrogens (tertiary/aromatic N) is 1. The second-order valence-electron chi connectivity index (χ2n) is 6.21. The standard InChI is InChI=1S/C20H21N3O5/c1-4-20(14-8-6-5-7-9-14)18(25)23(19(26)21-20)22-17(24)13-10-11-15(27-2)16(12-13)28-3/h5-12H,4H2,1-3H3,(H,21,26)(H,22,24)/t20-/m0/s1. The lowest BCUT2D eigenvalue weighted by atomic mass is 9.87. The average Bonchev–Trinajstić information content (AvgIpc) is 2.98. The molecule has 0 aliphatic carbocycles. The molecule has 0 unspecified atom stereocenters. The maximum absolute atomic E-state index is 13.0. The Morgan fingerprint density at radius 3 is 2.36 bits per heavy atom. The molecular formula is C20H21N3O5. The number of urea groups is 1. The predicted octanol–water partition coefficient (Wildman–Crippen LogP) is 2.21. The minimum absolute atomic E-state index is 0.215. The van der Waals surface area contributed by atoms with E-state index < -0.39 is 23.4 Å². The molecule has 1 fully saturated rings. The number of hydrazine groups is 1. The summed E-state index contributed by atoms with van der Waals surface area (Å²) in [4.78, 5) is 38.1. The molecule has 2 N–H and O–H groups in total. The van der Waals surface area contributed by atoms with Crippen LogP contribution in [0.4, 0.5) is 4.79 Å². The van der Waals surface area contributed by atoms with Gasteiger partial charge in [-0.05, 0) is 30.2 Å². The second kappa shape index (κ2) is 7.59. The van der Waals surface area contributed by atoms with Crippen LogP contribution >= 0.6 is 0 Å². The lowest BCUT2D eigenvalue weighted by Gasteiger charge is -2.25. The normalized spacial score (nSPS) is 18.6. The van der Waals surface area contributed by atoms with Crippen LogP contribution in [0.1, 0.15) is 29.3 Å². The molecule has 0 aromatic heterocycles. The van der Waals surface area contributed by atoms with Crippen molar-refractivity contribution in [1.29, 1.82) is 0 Å². The van der Waals surface area contributed by atoms with Gasteiger partial charge in [-0.2, -0.15) is 5.01 Å². The molecule has 28 heavy (non-hydrogen) atoms. The van der Waals surface area contributed by atoms with Crippen LogP contribution in [0.5, 0.6) is 11.5 Å². The first-order chi connectivity index (χ1) is 13.5. The van der Waals surface area contributed by atoms with E-state index >= 15 is 0 Å². The molecule has 1 saturated heterocycles. The monoisotopic (exact) mass is 383 g/mol. The van der Waals surface area contributed by atoms with Crippen LogP contribution in [0.15, 0.2) is 48.5 Å². The molecule has 1 atom stereocenters. The fraction of sp³-hybridized carbons (Fsp3) is 0.250. The van der Waals surface area contributed by atoms with E-state index in [9.17, 15) is 14.4 Å². The van der Waals surface area contributed by atoms with Gasteiger partial charge >= 0.3 is 6.03 Å². The van der Waals surface area contributed by atoms with Gasteiger partial charge in [0.2, 0.25) is 0 Å². The van der Waals surface area contributed by atoms with Gasteiger partial charge in [0.15, 0.2) is 11.5 Å². The van der Waals surface area contributed by atoms with E-state index in [1.54, 1.807) is 37.3 Å². The first-order valence-electron chi connectivity index (χ1n) is 8.72. The maximum Gasteiger partial charge on any atom is 0.344 e. The van der Waals surface area contributed by atoms with E-state index in [0.29, 0.717) is 23.5 Å². The number of hydrogen-bond acceptors (Lipinski definition) is 5. The van der Waals surface area contributed by atoms with E-state index in [4.69, 9.17) is 9.47 Å². The van der Waals surface area contributed by atoms with E-state index in [-0.39, 0.29) is 5.56 Å². The van der Waals surface area contributed by atoms with Crippen molar-refractivity contribution in [3.63, 3.8) is 0 Å². The molecule has 0 spiro atoms. The zero-order valence-corrected chi connectivity index (χ0v) is 15.8. The van der Waals surface area contributed by atoms with Crippen LogP contribution in [0.25, 0.3) is 0 Å². The Balaban J connectivity index is 1.86. The van der Waals surface area contributed by atoms with Gasteiger partial charge in [-0.1, -0.05) is 37.3 Å². The van der Waals surface area contributed by atoms with E-state index in [0.717, 1.165) is 5.01 Å². The van der Waals surface area contributed by atoms with Crippen molar-refractivity contribution in [3.05, 3.63) is 59.7 Å². The highest BCUT2D eigenvalue weighted by molar-refractivity contribution is 6.09. The van der Waals surface area contributed by atoms with Crippen molar-refractivity contribution in [2.24, 2.45) is 0 Å². The van der Waals surface area contributed by atoms with Gasteiger partial charge in [0.25, 0.3) is 11.8 Å². The molecule has 8 heteroatoms. The van der Waals surface area contributed by atoms with Crippen molar-refractivity contribution in [1.82, 2.24) is 15.8 Å². The lowest BCUT2D eigenvalue weighted by Crippen LogP contribution is -2.48. The third-order valence-electron chi connectivity index (χ3n) is 4.75. The third kappa shape index (κ3) is 3.13. The van der Waals surface area contributed by atoms with Gasteiger partial charge in [-0.3, -0.25) is 15.0 Å². The van der Waals surface area contributed by atoms with Crippen LogP contribution < -0.4 is 20.2 Å². The summed E-state index contributed by atoms with van der Waals surface area (Å²) < 4.78 is 10.3. The average molecular weight is 383 g/mol. The molecule has 0 saturated carbocycles. The summed E-state index contributed by atoms with van der Waals surface area (Å²) in [5, 5.41) is 3.43. The minimum Gasteiger partial charge on any atom is -0.493 e. The molecule has 3 rings (SSSR count). The van der Waals surface area contributed by atoms with Crippen molar-refractivity contribution < 1.29 is 23.9 Å². The molecule has 0 bridgehead atoms. The second-order valence-corrected chi connectivity index (χ2v) is 6.21. The highest BCUT2D eigenvalue weighted by Gasteiger charge is 2.52. The summed E-state index contributed by atoms with van der Waals surface area (Å²) in [5.41, 5.74) is 2.03. The Labute approximate surface area is 162 Å². The number of hydrogen-bond donors (Lipinski definition) is 2. The number of ether oxygens (including phenoxy) is 2. The number of amides is 4. The minimum atomic E-state index is -1.22. The molecule has 2 aromatic rings. The van der Waals surface area contributed by atoms with Crippen molar-refractivity contribution in [3.8, 4) is 11.5 Å². The van der Waals surface area contributed by atoms with Gasteiger partial charge in [0.1, 0.15) is 5.54 Å². The highest BCUT2D eigenvalue weighted by Crippen LogP contribution is 2.32. The van der Waals surface area contributed by atoms with Gasteiger partial charge < -0.3 is 14.8 Å². The van der Waals surface area contributed by atoms with Gasteiger partial charge in [0, 0.05) is 5.56 Å². The fourth-order valence-electron chi connectivity index (χ4n) is 3.18. The molecule has 1 heterocycles. The van der Waals surface area contributed by atoms with Crippen molar-refractivity contribution in [2.45, 2.75) is 18.9 Å². The Morgan fingerprint density at radius 2 is 1.75 bits per heavy atom. The number of benzene rings is 2. The molecule has 4 amide bonds. The van der Waals surface area contributed by atoms with Crippen molar-refractivity contribution >= 4 is 17.8 Å². The summed E-state index contributed by atoms with van der Waals surface area (Å²) in [7, 11) is 2.94. The Bertz CT molecular complexity index is 915. The molecular weight excluding hydrogens is 362 g/mol. The largest absolute Gasteiger partial charge is 0.493 e. The number of methoxy groups -OCH3 is 2. The molecule has 8 nitrogen and oxygen atoms in total. The Morgan fingerprint density at radius 1 is 1.07 bits per heavy atom. The number of carbonyl (C=O) groups is 3. The molecule has 2 aromatic carbocycles. The van der Waals surface area contributed by atoms with E-state index in [1.165, 1.54) is 26.4 Å². The molecule has 0 radical (unpaired) electrons. The Hall–Kier alpha value is -3.55. The smallest absolute Gasteiger partial charge is 0.344 e. The zero-order valence-electron chi connectivity index (χ0n) is 15.8. The summed E-state index contributed by atoms with van der Waals surface area (Å²) in [6.45, 7) is 1.80. The van der Waals surface area contributed by atoms with E-state index in [2.05, 4.69) is 10.7 Å². The first-order valence-corrected chi connectivity index (χ1v) is 8.72. The number of carbonyl (C=O) groups excluding carboxylic acids is 3. The van der Waals surface area contributed by atoms with Crippen LogP contribution in [-0.2, 0) is 10.3 Å². The fourth-order valence-corrected chi connectivity index (χ4v) is 3.18. The number of imide groups is 1. The first kappa shape index (κ1) is 19.2. The summed E-state index contributed by atoms with van der Waals surface area (Å²) in [6.07, 6.45) is 0.338. The van der Waals surface area contributed by atoms with Crippen LogP contribution in [0.2, 0.25) is 0 Å². The van der Waals surface area contributed by atoms with Crippen molar-refractivity contribution in [2.75, 3.05) is 14.2 Å². The highest BCUT2D eigenvalue weighted by atomic mass is 16.5. The third-order valence-corrected chi connectivity index (χ3v) is 4.75. The van der Waals surface area contributed by atoms with Gasteiger partial charge in [0.05, 0.1) is 14.2 Å². The summed E-state index contributed by atoms with van der Waals surface area (Å²) >= 11 is 0.